The lowest BCUT2D eigenvalue weighted by Gasteiger charge is -2.23. The van der Waals surface area contributed by atoms with E-state index in [1.165, 1.54) is 0 Å². The highest BCUT2D eigenvalue weighted by molar-refractivity contribution is 5.56. The lowest BCUT2D eigenvalue weighted by atomic mass is 9.87. The quantitative estimate of drug-likeness (QED) is 0.851. The van der Waals surface area contributed by atoms with Crippen LogP contribution in [0, 0.1) is 5.41 Å². The van der Waals surface area contributed by atoms with Crippen molar-refractivity contribution >= 4 is 0 Å². The van der Waals surface area contributed by atoms with Gasteiger partial charge in [0.2, 0.25) is 11.7 Å². The summed E-state index contributed by atoms with van der Waals surface area (Å²) in [5, 5.41) is 13.3. The van der Waals surface area contributed by atoms with Gasteiger partial charge in [-0.25, -0.2) is 0 Å². The van der Waals surface area contributed by atoms with Crippen LogP contribution in [0.3, 0.4) is 0 Å². The highest BCUT2D eigenvalue weighted by atomic mass is 16.5. The molecule has 0 radical (unpaired) electrons. The molecule has 0 amide bonds. The van der Waals surface area contributed by atoms with E-state index in [1.807, 2.05) is 20.8 Å². The molecule has 1 atom stereocenters. The van der Waals surface area contributed by atoms with Crippen LogP contribution in [0.1, 0.15) is 32.7 Å². The van der Waals surface area contributed by atoms with E-state index in [-0.39, 0.29) is 17.2 Å². The Kier molecular flexibility index (Phi) is 3.09. The molecule has 96 valence electrons. The summed E-state index contributed by atoms with van der Waals surface area (Å²) in [6.45, 7) is 6.03. The third kappa shape index (κ3) is 2.51. The van der Waals surface area contributed by atoms with Gasteiger partial charge in [0, 0.05) is 5.56 Å². The van der Waals surface area contributed by atoms with Gasteiger partial charge in [-0.2, -0.15) is 4.98 Å². The first-order valence-corrected chi connectivity index (χ1v) is 5.76. The molecule has 0 bridgehead atoms. The lowest BCUT2D eigenvalue weighted by molar-refractivity contribution is 0.253. The topological polar surface area (TPSA) is 85.2 Å². The van der Waals surface area contributed by atoms with E-state index in [4.69, 9.17) is 10.3 Å². The van der Waals surface area contributed by atoms with Crippen LogP contribution in [0.15, 0.2) is 28.8 Å². The molecule has 1 heterocycles. The number of nitrogens with zero attached hydrogens (tertiary/aromatic N) is 2. The van der Waals surface area contributed by atoms with Gasteiger partial charge in [0.25, 0.3) is 0 Å². The van der Waals surface area contributed by atoms with Crippen LogP contribution in [-0.4, -0.2) is 15.2 Å². The number of rotatable bonds is 2. The maximum atomic E-state index is 9.41. The Hall–Kier alpha value is -1.88. The van der Waals surface area contributed by atoms with Crippen LogP contribution < -0.4 is 5.73 Å². The molecule has 0 saturated heterocycles. The number of aromatic nitrogens is 2. The maximum Gasteiger partial charge on any atom is 0.244 e. The summed E-state index contributed by atoms with van der Waals surface area (Å²) in [6.07, 6.45) is 0. The van der Waals surface area contributed by atoms with Crippen LogP contribution in [0.25, 0.3) is 11.4 Å². The predicted molar refractivity (Wildman–Crippen MR) is 67.8 cm³/mol. The second-order valence-electron chi connectivity index (χ2n) is 5.35. The molecule has 1 aromatic heterocycles. The van der Waals surface area contributed by atoms with Crippen molar-refractivity contribution in [2.24, 2.45) is 11.1 Å². The van der Waals surface area contributed by atoms with Crippen LogP contribution in [0.2, 0.25) is 0 Å². The molecule has 0 aliphatic heterocycles. The molecular weight excluding hydrogens is 230 g/mol. The van der Waals surface area contributed by atoms with Gasteiger partial charge < -0.3 is 15.4 Å². The molecule has 0 fully saturated rings. The third-order valence-electron chi connectivity index (χ3n) is 2.75. The second-order valence-corrected chi connectivity index (χ2v) is 5.35. The SMILES string of the molecule is CC(C)(C)[C@@H](N)c1nc(-c2cccc(O)c2)no1. The van der Waals surface area contributed by atoms with Gasteiger partial charge in [-0.1, -0.05) is 38.1 Å². The number of nitrogens with two attached hydrogens (primary N) is 1. The standard InChI is InChI=1S/C13H17N3O2/c1-13(2,3)10(14)12-15-11(16-18-12)8-5-4-6-9(17)7-8/h4-7,10,17H,14H2,1-3H3/t10-/m0/s1. The number of phenolic OH excluding ortho intramolecular Hbond substituents is 1. The summed E-state index contributed by atoms with van der Waals surface area (Å²) in [5.41, 5.74) is 6.60. The summed E-state index contributed by atoms with van der Waals surface area (Å²) >= 11 is 0. The summed E-state index contributed by atoms with van der Waals surface area (Å²) in [5.74, 6) is 1.00. The van der Waals surface area contributed by atoms with E-state index < -0.39 is 0 Å². The molecule has 18 heavy (non-hydrogen) atoms. The first-order valence-electron chi connectivity index (χ1n) is 5.76. The zero-order valence-corrected chi connectivity index (χ0v) is 10.7. The fourth-order valence-corrected chi connectivity index (χ4v) is 1.49. The highest BCUT2D eigenvalue weighted by Gasteiger charge is 2.27. The van der Waals surface area contributed by atoms with E-state index in [0.717, 1.165) is 0 Å². The van der Waals surface area contributed by atoms with Crippen molar-refractivity contribution in [3.8, 4) is 17.1 Å². The summed E-state index contributed by atoms with van der Waals surface area (Å²) in [4.78, 5) is 4.27. The Balaban J connectivity index is 2.31. The smallest absolute Gasteiger partial charge is 0.244 e. The van der Waals surface area contributed by atoms with E-state index >= 15 is 0 Å². The van der Waals surface area contributed by atoms with Crippen LogP contribution in [0.4, 0.5) is 0 Å². The molecule has 0 unspecified atom stereocenters. The van der Waals surface area contributed by atoms with Crippen molar-refractivity contribution in [1.82, 2.24) is 10.1 Å². The van der Waals surface area contributed by atoms with E-state index in [9.17, 15) is 5.11 Å². The predicted octanol–water partition coefficient (Wildman–Crippen LogP) is 2.49. The largest absolute Gasteiger partial charge is 0.508 e. The van der Waals surface area contributed by atoms with Crippen LogP contribution in [0.5, 0.6) is 5.75 Å². The average molecular weight is 247 g/mol. The third-order valence-corrected chi connectivity index (χ3v) is 2.75. The number of hydrogen-bond donors (Lipinski definition) is 2. The summed E-state index contributed by atoms with van der Waals surface area (Å²) < 4.78 is 5.18. The molecular formula is C13H17N3O2. The molecule has 0 saturated carbocycles. The number of phenols is 1. The molecule has 1 aromatic carbocycles. The molecule has 0 aliphatic carbocycles. The fraction of sp³-hybridized carbons (Fsp3) is 0.385. The van der Waals surface area contributed by atoms with Gasteiger partial charge in [0.1, 0.15) is 5.75 Å². The molecule has 2 rings (SSSR count). The number of benzene rings is 1. The summed E-state index contributed by atoms with van der Waals surface area (Å²) in [6, 6.07) is 6.38. The molecule has 5 nitrogen and oxygen atoms in total. The van der Waals surface area contributed by atoms with Gasteiger partial charge in [-0.15, -0.1) is 0 Å². The zero-order chi connectivity index (χ0) is 13.3. The fourth-order valence-electron chi connectivity index (χ4n) is 1.49. The van der Waals surface area contributed by atoms with Crippen molar-refractivity contribution < 1.29 is 9.63 Å². The molecule has 0 aliphatic rings. The molecule has 5 heteroatoms. The van der Waals surface area contributed by atoms with E-state index in [2.05, 4.69) is 10.1 Å². The lowest BCUT2D eigenvalue weighted by Crippen LogP contribution is -2.26. The highest BCUT2D eigenvalue weighted by Crippen LogP contribution is 2.30. The first kappa shape index (κ1) is 12.6. The maximum absolute atomic E-state index is 9.41. The molecule has 0 spiro atoms. The van der Waals surface area contributed by atoms with Gasteiger partial charge in [0.15, 0.2) is 0 Å². The normalized spacial score (nSPS) is 13.6. The first-order chi connectivity index (χ1) is 8.38. The minimum Gasteiger partial charge on any atom is -0.508 e. The summed E-state index contributed by atoms with van der Waals surface area (Å²) in [7, 11) is 0. The molecule has 3 N–H and O–H groups in total. The van der Waals surface area contributed by atoms with Crippen molar-refractivity contribution in [3.63, 3.8) is 0 Å². The Labute approximate surface area is 106 Å². The number of aromatic hydroxyl groups is 1. The van der Waals surface area contributed by atoms with E-state index in [0.29, 0.717) is 17.3 Å². The Morgan fingerprint density at radius 3 is 2.67 bits per heavy atom. The van der Waals surface area contributed by atoms with Crippen molar-refractivity contribution in [1.29, 1.82) is 0 Å². The van der Waals surface area contributed by atoms with E-state index in [1.54, 1.807) is 24.3 Å². The average Bonchev–Trinajstić information content (AvgIpc) is 2.75. The second kappa shape index (κ2) is 4.42. The molecule has 2 aromatic rings. The number of hydrogen-bond acceptors (Lipinski definition) is 5. The van der Waals surface area contributed by atoms with Gasteiger partial charge in [0.05, 0.1) is 6.04 Å². The van der Waals surface area contributed by atoms with Gasteiger partial charge in [-0.3, -0.25) is 0 Å². The van der Waals surface area contributed by atoms with Gasteiger partial charge in [-0.05, 0) is 17.5 Å². The monoisotopic (exact) mass is 247 g/mol. The Morgan fingerprint density at radius 1 is 1.33 bits per heavy atom. The minimum atomic E-state index is -0.323. The van der Waals surface area contributed by atoms with Crippen molar-refractivity contribution in [2.45, 2.75) is 26.8 Å². The van der Waals surface area contributed by atoms with Gasteiger partial charge >= 0.3 is 0 Å². The van der Waals surface area contributed by atoms with Crippen molar-refractivity contribution in [3.05, 3.63) is 30.2 Å². The van der Waals surface area contributed by atoms with Crippen LogP contribution >= 0.6 is 0 Å². The Bertz CT molecular complexity index is 543. The Morgan fingerprint density at radius 2 is 2.06 bits per heavy atom. The van der Waals surface area contributed by atoms with Crippen molar-refractivity contribution in [2.75, 3.05) is 0 Å². The minimum absolute atomic E-state index is 0.150. The van der Waals surface area contributed by atoms with Crippen LogP contribution in [-0.2, 0) is 0 Å². The zero-order valence-electron chi connectivity index (χ0n) is 10.7.